The van der Waals surface area contributed by atoms with Gasteiger partial charge in [-0.3, -0.25) is 24.1 Å². The number of benzene rings is 5. The smallest absolute Gasteiger partial charge is 0.246 e. The molecule has 9 rings (SSSR count). The highest BCUT2D eigenvalue weighted by molar-refractivity contribution is 6.32. The van der Waals surface area contributed by atoms with Crippen molar-refractivity contribution in [2.45, 2.75) is 24.2 Å². The molecule has 4 amide bonds. The molecule has 10 nitrogen and oxygen atoms in total. The normalized spacial score (nSPS) is 24.6. The Morgan fingerprint density at radius 3 is 2.15 bits per heavy atom. The van der Waals surface area contributed by atoms with Crippen LogP contribution >= 0.6 is 11.6 Å². The van der Waals surface area contributed by atoms with Crippen molar-refractivity contribution in [2.75, 3.05) is 31.1 Å². The average Bonchev–Trinajstić information content (AvgIpc) is 3.66. The number of aromatic hydroxyl groups is 1. The molecule has 1 saturated carbocycles. The fourth-order valence-electron chi connectivity index (χ4n) is 10.1. The van der Waals surface area contributed by atoms with Gasteiger partial charge in [-0.2, -0.15) is 0 Å². The number of amides is 4. The summed E-state index contributed by atoms with van der Waals surface area (Å²) in [5.74, 6) is -3.87. The van der Waals surface area contributed by atoms with Crippen molar-refractivity contribution in [1.82, 2.24) is 0 Å². The molecule has 3 fully saturated rings. The summed E-state index contributed by atoms with van der Waals surface area (Å²) >= 11 is 6.44. The molecule has 11 heteroatoms. The molecule has 0 radical (unpaired) electrons. The van der Waals surface area contributed by atoms with Crippen LogP contribution in [0.25, 0.3) is 12.2 Å². The molecule has 0 spiro atoms. The van der Waals surface area contributed by atoms with Crippen molar-refractivity contribution in [3.05, 3.63) is 154 Å². The average molecular weight is 821 g/mol. The predicted octanol–water partition coefficient (Wildman–Crippen LogP) is 8.61. The topological polar surface area (TPSA) is 123 Å². The van der Waals surface area contributed by atoms with Gasteiger partial charge in [0, 0.05) is 22.1 Å². The second-order valence-corrected chi connectivity index (χ2v) is 16.0. The summed E-state index contributed by atoms with van der Waals surface area (Å²) in [5.41, 5.74) is 2.59. The Morgan fingerprint density at radius 2 is 1.43 bits per heavy atom. The van der Waals surface area contributed by atoms with Crippen LogP contribution in [0.2, 0.25) is 5.02 Å². The van der Waals surface area contributed by atoms with Crippen molar-refractivity contribution in [3.8, 4) is 23.0 Å². The third-order valence-electron chi connectivity index (χ3n) is 12.8. The van der Waals surface area contributed by atoms with E-state index >= 15 is 9.59 Å². The van der Waals surface area contributed by atoms with Crippen LogP contribution in [0.4, 0.5) is 11.4 Å². The van der Waals surface area contributed by atoms with Crippen LogP contribution in [0.1, 0.15) is 41.0 Å². The number of allylic oxidation sites excluding steroid dienone is 2. The Hall–Kier alpha value is -6.65. The lowest BCUT2D eigenvalue weighted by molar-refractivity contribution is -0.127. The highest BCUT2D eigenvalue weighted by Crippen LogP contribution is 2.65. The van der Waals surface area contributed by atoms with E-state index in [1.54, 1.807) is 62.8 Å². The summed E-state index contributed by atoms with van der Waals surface area (Å²) in [6.45, 7) is 0. The highest BCUT2D eigenvalue weighted by atomic mass is 35.5. The van der Waals surface area contributed by atoms with E-state index in [2.05, 4.69) is 0 Å². The molecule has 6 atom stereocenters. The number of phenols is 1. The summed E-state index contributed by atoms with van der Waals surface area (Å²) < 4.78 is 16.5. The zero-order valence-corrected chi connectivity index (χ0v) is 33.8. The van der Waals surface area contributed by atoms with Crippen molar-refractivity contribution in [2.24, 2.45) is 23.7 Å². The van der Waals surface area contributed by atoms with Gasteiger partial charge in [0.25, 0.3) is 0 Å². The van der Waals surface area contributed by atoms with Crippen LogP contribution in [0.15, 0.2) is 127 Å². The molecule has 302 valence electrons. The maximum Gasteiger partial charge on any atom is 0.246 e. The molecule has 0 bridgehead atoms. The second kappa shape index (κ2) is 15.2. The number of phenolic OH excluding ortho intramolecular Hbond substituents is 1. The third-order valence-corrected chi connectivity index (χ3v) is 13.0. The van der Waals surface area contributed by atoms with E-state index in [0.717, 1.165) is 16.7 Å². The largest absolute Gasteiger partial charge is 0.508 e. The summed E-state index contributed by atoms with van der Waals surface area (Å²) in [6.07, 6.45) is 6.13. The van der Waals surface area contributed by atoms with Gasteiger partial charge in [0.1, 0.15) is 23.0 Å². The first-order chi connectivity index (χ1) is 29.1. The lowest BCUT2D eigenvalue weighted by Crippen LogP contribution is -2.53. The number of rotatable bonds is 9. The minimum Gasteiger partial charge on any atom is -0.508 e. The number of carbonyl (C=O) groups excluding carboxylic acids is 4. The first-order valence-electron chi connectivity index (χ1n) is 19.7. The number of ether oxygens (including phenoxy) is 3. The molecule has 6 unspecified atom stereocenters. The van der Waals surface area contributed by atoms with Crippen molar-refractivity contribution in [1.29, 1.82) is 0 Å². The fraction of sp³-hybridized carbons (Fsp3) is 0.224. The molecular formula is C49H41ClN2O8. The zero-order valence-electron chi connectivity index (χ0n) is 33.1. The number of imide groups is 2. The van der Waals surface area contributed by atoms with Gasteiger partial charge in [0.2, 0.25) is 23.6 Å². The molecule has 60 heavy (non-hydrogen) atoms. The lowest BCUT2D eigenvalue weighted by Gasteiger charge is -2.50. The molecule has 1 N–H and O–H groups in total. The number of carbonyl (C=O) groups is 4. The molecule has 5 aromatic rings. The first-order valence-corrected chi connectivity index (χ1v) is 20.1. The quantitative estimate of drug-likeness (QED) is 0.0892. The molecule has 2 heterocycles. The number of hydrogen-bond donors (Lipinski definition) is 1. The Morgan fingerprint density at radius 1 is 0.700 bits per heavy atom. The zero-order chi connectivity index (χ0) is 41.9. The summed E-state index contributed by atoms with van der Waals surface area (Å²) in [6, 6.07) is 33.4. The van der Waals surface area contributed by atoms with Crippen molar-refractivity contribution >= 4 is 58.8 Å². The Labute approximate surface area is 352 Å². The van der Waals surface area contributed by atoms with Crippen LogP contribution < -0.4 is 24.0 Å². The van der Waals surface area contributed by atoms with Gasteiger partial charge in [0.15, 0.2) is 0 Å². The molecule has 0 aromatic heterocycles. The number of methoxy groups -OCH3 is 3. The van der Waals surface area contributed by atoms with Crippen LogP contribution in [-0.4, -0.2) is 50.1 Å². The fourth-order valence-corrected chi connectivity index (χ4v) is 10.3. The van der Waals surface area contributed by atoms with Gasteiger partial charge in [0.05, 0.1) is 55.9 Å². The monoisotopic (exact) mass is 820 g/mol. The number of fused-ring (bicyclic) bond motifs is 4. The predicted molar refractivity (Wildman–Crippen MR) is 228 cm³/mol. The number of nitrogens with zero attached hydrogens (tertiary/aromatic N) is 2. The Balaban J connectivity index is 1.13. The molecule has 4 aliphatic rings. The van der Waals surface area contributed by atoms with Gasteiger partial charge in [-0.15, -0.1) is 0 Å². The van der Waals surface area contributed by atoms with E-state index in [0.29, 0.717) is 44.8 Å². The lowest BCUT2D eigenvalue weighted by atomic mass is 9.49. The third kappa shape index (κ3) is 6.00. The first kappa shape index (κ1) is 38.8. The van der Waals surface area contributed by atoms with Gasteiger partial charge >= 0.3 is 0 Å². The Bertz CT molecular complexity index is 2620. The van der Waals surface area contributed by atoms with E-state index < -0.39 is 46.8 Å². The maximum absolute atomic E-state index is 15.5. The van der Waals surface area contributed by atoms with Crippen LogP contribution in [0.5, 0.6) is 23.0 Å². The SMILES string of the molecule is COc1ccc(OC)c(C=Cc2ccc(N3C(=O)C4CC=C5C(CC6C(=O)N(c7cccc(Cl)c7)C(=O)C6(c6ccccc6)C5c5cc(OC)ccc5O)C4C3=O)cc2)c1. The van der Waals surface area contributed by atoms with Crippen LogP contribution in [-0.2, 0) is 24.6 Å². The second-order valence-electron chi connectivity index (χ2n) is 15.6. The highest BCUT2D eigenvalue weighted by Gasteiger charge is 2.70. The molecule has 2 saturated heterocycles. The van der Waals surface area contributed by atoms with Gasteiger partial charge in [-0.1, -0.05) is 83.9 Å². The standard InChI is InChI=1S/C49H41ClN2O8/c1-58-34-19-23-42(60-3)29(24-34)15-12-28-13-16-32(17-14-28)51-45(54)37-21-20-36-38(43(37)47(51)56)27-40-46(55)52(33-11-7-10-31(50)25-33)48(57)49(40,30-8-5-4-6-9-30)44(36)39-26-35(59-2)18-22-41(39)53/h4-20,22-26,37-38,40,43-44,53H,21,27H2,1-3H3. The van der Waals surface area contributed by atoms with Crippen molar-refractivity contribution < 1.29 is 38.5 Å². The summed E-state index contributed by atoms with van der Waals surface area (Å²) in [7, 11) is 4.72. The van der Waals surface area contributed by atoms with Crippen LogP contribution in [0.3, 0.4) is 0 Å². The van der Waals surface area contributed by atoms with E-state index in [4.69, 9.17) is 25.8 Å². The minimum atomic E-state index is -1.54. The van der Waals surface area contributed by atoms with E-state index in [1.807, 2.05) is 78.9 Å². The van der Waals surface area contributed by atoms with E-state index in [-0.39, 0.29) is 30.4 Å². The van der Waals surface area contributed by atoms with Gasteiger partial charge < -0.3 is 19.3 Å². The number of hydrogen-bond acceptors (Lipinski definition) is 8. The maximum atomic E-state index is 15.5. The van der Waals surface area contributed by atoms with Crippen molar-refractivity contribution in [3.63, 3.8) is 0 Å². The summed E-state index contributed by atoms with van der Waals surface area (Å²) in [4.78, 5) is 62.2. The van der Waals surface area contributed by atoms with E-state index in [9.17, 15) is 14.7 Å². The van der Waals surface area contributed by atoms with Gasteiger partial charge in [-0.05, 0) is 96.6 Å². The van der Waals surface area contributed by atoms with Gasteiger partial charge in [-0.25, -0.2) is 4.90 Å². The number of halogens is 1. The molecule has 5 aromatic carbocycles. The molecule has 2 aliphatic heterocycles. The van der Waals surface area contributed by atoms with E-state index in [1.165, 1.54) is 23.0 Å². The Kier molecular flexibility index (Phi) is 9.83. The molecular weight excluding hydrogens is 780 g/mol. The summed E-state index contributed by atoms with van der Waals surface area (Å²) in [5, 5.41) is 12.1. The molecule has 2 aliphatic carbocycles. The number of anilines is 2. The van der Waals surface area contributed by atoms with Crippen LogP contribution in [0, 0.1) is 23.7 Å². The minimum absolute atomic E-state index is 0.0885.